The Bertz CT molecular complexity index is 2970. The molecule has 10 rings (SSSR count). The number of carbonyl (C=O) groups excluding carboxylic acids is 2. The van der Waals surface area contributed by atoms with E-state index in [1.54, 1.807) is 23.1 Å². The molecule has 420 valence electrons. The van der Waals surface area contributed by atoms with E-state index in [2.05, 4.69) is 25.9 Å². The summed E-state index contributed by atoms with van der Waals surface area (Å²) >= 11 is 3.52. The third-order valence-electron chi connectivity index (χ3n) is 15.9. The largest absolute Gasteiger partial charge is 0.490 e. The fraction of sp³-hybridized carbons (Fsp3) is 0.500. The lowest BCUT2D eigenvalue weighted by atomic mass is 9.61. The summed E-state index contributed by atoms with van der Waals surface area (Å²) in [5, 5.41) is 17.1. The molecule has 0 saturated heterocycles. The molecule has 4 heterocycles. The summed E-state index contributed by atoms with van der Waals surface area (Å²) in [6.45, 7) is 1.81. The molecule has 2 aromatic carbocycles. The zero-order chi connectivity index (χ0) is 57.1. The summed E-state index contributed by atoms with van der Waals surface area (Å²) in [5.41, 5.74) is 10.8. The summed E-state index contributed by atoms with van der Waals surface area (Å²) < 4.78 is 138. The molecule has 2 aromatic heterocycles. The number of halogens is 11. The molecule has 4 spiro atoms. The Morgan fingerprint density at radius 1 is 0.628 bits per heavy atom. The van der Waals surface area contributed by atoms with Crippen molar-refractivity contribution in [3.8, 4) is 11.1 Å². The van der Waals surface area contributed by atoms with Crippen LogP contribution in [-0.2, 0) is 55.3 Å². The van der Waals surface area contributed by atoms with Crippen LogP contribution in [0.1, 0.15) is 112 Å². The van der Waals surface area contributed by atoms with Crippen LogP contribution in [0, 0.1) is 10.8 Å². The second-order valence-corrected chi connectivity index (χ2v) is 21.9. The first-order valence-corrected chi connectivity index (χ1v) is 25.9. The molecule has 2 fully saturated rings. The Kier molecular flexibility index (Phi) is 16.3. The van der Waals surface area contributed by atoms with E-state index in [9.17, 15) is 53.5 Å². The van der Waals surface area contributed by atoms with Gasteiger partial charge in [0.25, 0.3) is 11.8 Å². The Labute approximate surface area is 451 Å². The van der Waals surface area contributed by atoms with Crippen LogP contribution in [0.3, 0.4) is 0 Å². The van der Waals surface area contributed by atoms with E-state index >= 15 is 0 Å². The fourth-order valence-electron chi connectivity index (χ4n) is 12.4. The number of aromatic nitrogens is 2. The van der Waals surface area contributed by atoms with Gasteiger partial charge >= 0.3 is 32.7 Å². The van der Waals surface area contributed by atoms with Crippen molar-refractivity contribution >= 4 is 52.2 Å². The Balaban J connectivity index is 0.000000172. The normalized spacial score (nSPS) is 26.5. The zero-order valence-electron chi connectivity index (χ0n) is 42.6. The highest BCUT2D eigenvalue weighted by atomic mass is 79.9. The standard InChI is InChI=1S/C26H27F5N4O2.C20H24BrF2N3O2.C6H5BF3NO2/c1-14(2)35-21(36)25(34-23(35)32)20-10-15(17-9-18(13-33-12-17)26(29,30)31)3-4-16(20)11-24(25)7-5-19(6-8-24)37-22(27)28;1-11(2)26-16(27)20(25-18(26)24)15-9-13(21)4-3-12(15)10-19(20)7-5-14(6-8-19)28-17(22)23;8-6(9,10)4-1-5(7(12)13)3-11-2-4/h3-4,9-10,12-14,19,22H,5-8,11H2,1-2H3,(H2,32,34);3-4,9,11,14,17H,5-8,10H2,1-2H3,(H2,24,25);1-3,12-13H. The van der Waals surface area contributed by atoms with Crippen molar-refractivity contribution in [2.75, 3.05) is 0 Å². The number of ether oxygens (including phenoxy) is 2. The van der Waals surface area contributed by atoms with Crippen LogP contribution >= 0.6 is 15.9 Å². The quantitative estimate of drug-likeness (QED) is 0.0975. The molecular formula is C52H56BBrF10N8O6. The molecule has 0 radical (unpaired) electrons. The number of fused-ring (bicyclic) bond motifs is 6. The van der Waals surface area contributed by atoms with Crippen molar-refractivity contribution in [2.45, 2.75) is 153 Å². The number of aliphatic imine (C=N–C) groups is 2. The number of rotatable bonds is 8. The van der Waals surface area contributed by atoms with Gasteiger partial charge in [-0.1, -0.05) is 34.1 Å². The van der Waals surface area contributed by atoms with E-state index in [1.165, 1.54) is 11.1 Å². The van der Waals surface area contributed by atoms with Gasteiger partial charge in [0.15, 0.2) is 23.0 Å². The van der Waals surface area contributed by atoms with E-state index in [1.807, 2.05) is 45.9 Å². The second-order valence-electron chi connectivity index (χ2n) is 21.0. The molecule has 6 aliphatic rings. The van der Waals surface area contributed by atoms with Gasteiger partial charge in [-0.25, -0.2) is 9.98 Å². The molecule has 26 heteroatoms. The number of nitrogens with zero attached hydrogens (tertiary/aromatic N) is 6. The first-order valence-electron chi connectivity index (χ1n) is 25.1. The van der Waals surface area contributed by atoms with Gasteiger partial charge in [-0.3, -0.25) is 29.4 Å². The SMILES string of the molecule is CC(C)N1C(=O)C2(N=C1N)c1cc(-c3cncc(C(F)(F)F)c3)ccc1CC21CCC(OC(F)F)CC1.CC(C)N1C(=O)C2(N=C1N)c1cc(Br)ccc1CC21CCC(OC(F)F)CC1.OB(O)c1cncc(C(F)(F)F)c1. The van der Waals surface area contributed by atoms with Gasteiger partial charge in [0.2, 0.25) is 0 Å². The van der Waals surface area contributed by atoms with Gasteiger partial charge in [0, 0.05) is 63.2 Å². The lowest BCUT2D eigenvalue weighted by Crippen LogP contribution is -2.53. The van der Waals surface area contributed by atoms with Crippen molar-refractivity contribution in [2.24, 2.45) is 32.3 Å². The number of amides is 2. The first-order chi connectivity index (χ1) is 36.5. The Hall–Kier alpha value is -5.70. The van der Waals surface area contributed by atoms with Crippen molar-refractivity contribution in [3.63, 3.8) is 0 Å². The minimum absolute atomic E-state index is 0.0734. The summed E-state index contributed by atoms with van der Waals surface area (Å²) in [7, 11) is -1.94. The van der Waals surface area contributed by atoms with Gasteiger partial charge in [0.05, 0.1) is 23.3 Å². The highest BCUT2D eigenvalue weighted by molar-refractivity contribution is 9.10. The molecule has 6 N–H and O–H groups in total. The Morgan fingerprint density at radius 2 is 1.05 bits per heavy atom. The molecule has 4 aliphatic carbocycles. The molecule has 2 atom stereocenters. The molecule has 0 bridgehead atoms. The highest BCUT2D eigenvalue weighted by Gasteiger charge is 2.68. The van der Waals surface area contributed by atoms with Crippen LogP contribution in [-0.4, -0.2) is 98.2 Å². The maximum absolute atomic E-state index is 14.1. The molecule has 4 aromatic rings. The first kappa shape index (κ1) is 58.5. The third kappa shape index (κ3) is 10.6. The van der Waals surface area contributed by atoms with Crippen molar-refractivity contribution in [3.05, 3.63) is 111 Å². The number of pyridine rings is 2. The van der Waals surface area contributed by atoms with Crippen molar-refractivity contribution in [1.29, 1.82) is 0 Å². The van der Waals surface area contributed by atoms with Gasteiger partial charge in [-0.2, -0.15) is 43.9 Å². The smallest absolute Gasteiger partial charge is 0.423 e. The number of hydrogen-bond donors (Lipinski definition) is 4. The van der Waals surface area contributed by atoms with Crippen LogP contribution in [0.4, 0.5) is 43.9 Å². The van der Waals surface area contributed by atoms with Crippen LogP contribution in [0.2, 0.25) is 0 Å². The molecule has 2 amide bonds. The molecule has 14 nitrogen and oxygen atoms in total. The average Bonchev–Trinajstić information content (AvgIpc) is 3.14. The van der Waals surface area contributed by atoms with E-state index in [0.29, 0.717) is 87.6 Å². The maximum Gasteiger partial charge on any atom is 0.490 e. The highest BCUT2D eigenvalue weighted by Crippen LogP contribution is 2.64. The monoisotopic (exact) mass is 1170 g/mol. The molecule has 2 unspecified atom stereocenters. The summed E-state index contributed by atoms with van der Waals surface area (Å²) in [5.74, 6) is -0.0983. The third-order valence-corrected chi connectivity index (χ3v) is 16.3. The zero-order valence-corrected chi connectivity index (χ0v) is 44.1. The minimum atomic E-state index is -4.55. The van der Waals surface area contributed by atoms with Gasteiger partial charge < -0.3 is 31.0 Å². The maximum atomic E-state index is 14.1. The van der Waals surface area contributed by atoms with Crippen LogP contribution in [0.15, 0.2) is 87.8 Å². The number of carbonyl (C=O) groups is 2. The molecular weight excluding hydrogens is 1110 g/mol. The fourth-order valence-corrected chi connectivity index (χ4v) is 12.8. The average molecular weight is 1170 g/mol. The number of hydrogen-bond acceptors (Lipinski definition) is 12. The number of benzene rings is 2. The van der Waals surface area contributed by atoms with Gasteiger partial charge in [0.1, 0.15) is 0 Å². The summed E-state index contributed by atoms with van der Waals surface area (Å²) in [6, 6.07) is 12.4. The summed E-state index contributed by atoms with van der Waals surface area (Å²) in [4.78, 5) is 47.5. The van der Waals surface area contributed by atoms with E-state index < -0.39 is 77.9 Å². The number of nitrogens with two attached hydrogens (primary N) is 2. The van der Waals surface area contributed by atoms with E-state index in [0.717, 1.165) is 39.6 Å². The molecule has 78 heavy (non-hydrogen) atoms. The molecule has 2 saturated carbocycles. The summed E-state index contributed by atoms with van der Waals surface area (Å²) in [6.07, 6.45) is -1.74. The topological polar surface area (TPSA) is 202 Å². The lowest BCUT2D eigenvalue weighted by Gasteiger charge is -2.45. The number of alkyl halides is 10. The van der Waals surface area contributed by atoms with Crippen LogP contribution in [0.5, 0.6) is 0 Å². The van der Waals surface area contributed by atoms with Crippen molar-refractivity contribution < 1.29 is 73.0 Å². The second kappa shape index (κ2) is 21.7. The van der Waals surface area contributed by atoms with Crippen LogP contribution < -0.4 is 16.9 Å². The van der Waals surface area contributed by atoms with Crippen molar-refractivity contribution in [1.82, 2.24) is 19.8 Å². The predicted octanol–water partition coefficient (Wildman–Crippen LogP) is 8.97. The lowest BCUT2D eigenvalue weighted by molar-refractivity contribution is -0.179. The Morgan fingerprint density at radius 3 is 1.46 bits per heavy atom. The van der Waals surface area contributed by atoms with E-state index in [4.69, 9.17) is 41.0 Å². The molecule has 2 aliphatic heterocycles. The van der Waals surface area contributed by atoms with Crippen LogP contribution in [0.25, 0.3) is 11.1 Å². The van der Waals surface area contributed by atoms with Gasteiger partial charge in [-0.15, -0.1) is 0 Å². The van der Waals surface area contributed by atoms with Gasteiger partial charge in [-0.05, 0) is 150 Å². The number of guanidine groups is 2. The van der Waals surface area contributed by atoms with E-state index in [-0.39, 0.29) is 46.8 Å². The predicted molar refractivity (Wildman–Crippen MR) is 269 cm³/mol. The minimum Gasteiger partial charge on any atom is -0.423 e.